The highest BCUT2D eigenvalue weighted by Gasteiger charge is 2.23. The monoisotopic (exact) mass is 330 g/mol. The SMILES string of the molecule is C[C@@H]1CCCCN1C(=O)NCCC1CCN(c2ccncc2)CC1. The van der Waals surface area contributed by atoms with Gasteiger partial charge in [-0.05, 0) is 63.5 Å². The second-order valence-corrected chi connectivity index (χ2v) is 7.19. The van der Waals surface area contributed by atoms with Crippen LogP contribution in [0.15, 0.2) is 24.5 Å². The highest BCUT2D eigenvalue weighted by molar-refractivity contribution is 5.74. The Morgan fingerprint density at radius 3 is 2.62 bits per heavy atom. The van der Waals surface area contributed by atoms with Gasteiger partial charge in [-0.3, -0.25) is 4.98 Å². The standard InChI is InChI=1S/C19H30N4O/c1-16-4-2-3-13-23(16)19(24)21-12-5-17-8-14-22(15-9-17)18-6-10-20-11-7-18/h6-7,10-11,16-17H,2-5,8-9,12-15H2,1H3,(H,21,24)/t16-/m1/s1. The predicted molar refractivity (Wildman–Crippen MR) is 97.2 cm³/mol. The molecule has 0 unspecified atom stereocenters. The minimum atomic E-state index is 0.136. The molecule has 1 N–H and O–H groups in total. The Kier molecular flexibility index (Phi) is 5.94. The van der Waals surface area contributed by atoms with Crippen LogP contribution in [-0.2, 0) is 0 Å². The lowest BCUT2D eigenvalue weighted by Gasteiger charge is -2.35. The van der Waals surface area contributed by atoms with E-state index in [0.717, 1.165) is 51.4 Å². The third kappa shape index (κ3) is 4.40. The van der Waals surface area contributed by atoms with Gasteiger partial charge >= 0.3 is 6.03 Å². The number of likely N-dealkylation sites (tertiary alicyclic amines) is 1. The van der Waals surface area contributed by atoms with Crippen molar-refractivity contribution in [2.24, 2.45) is 5.92 Å². The number of carbonyl (C=O) groups is 1. The summed E-state index contributed by atoms with van der Waals surface area (Å²) in [6, 6.07) is 4.69. The maximum atomic E-state index is 12.3. The van der Waals surface area contributed by atoms with Gasteiger partial charge in [0.05, 0.1) is 0 Å². The van der Waals surface area contributed by atoms with Crippen LogP contribution in [-0.4, -0.2) is 48.1 Å². The van der Waals surface area contributed by atoms with Crippen molar-refractivity contribution < 1.29 is 4.79 Å². The Hall–Kier alpha value is -1.78. The molecule has 5 heteroatoms. The van der Waals surface area contributed by atoms with Gasteiger partial charge in [0, 0.05) is 50.3 Å². The van der Waals surface area contributed by atoms with E-state index in [1.165, 1.54) is 24.9 Å². The van der Waals surface area contributed by atoms with E-state index in [0.29, 0.717) is 6.04 Å². The molecule has 3 heterocycles. The van der Waals surface area contributed by atoms with Crippen molar-refractivity contribution in [1.29, 1.82) is 0 Å². The molecule has 2 aliphatic rings. The van der Waals surface area contributed by atoms with E-state index in [1.807, 2.05) is 17.3 Å². The highest BCUT2D eigenvalue weighted by Crippen LogP contribution is 2.24. The third-order valence-electron chi connectivity index (χ3n) is 5.54. The summed E-state index contributed by atoms with van der Waals surface area (Å²) < 4.78 is 0. The fourth-order valence-corrected chi connectivity index (χ4v) is 3.92. The summed E-state index contributed by atoms with van der Waals surface area (Å²) in [5.41, 5.74) is 1.27. The molecule has 0 spiro atoms. The van der Waals surface area contributed by atoms with Crippen LogP contribution < -0.4 is 10.2 Å². The summed E-state index contributed by atoms with van der Waals surface area (Å²) in [4.78, 5) is 20.8. The van der Waals surface area contributed by atoms with Crippen molar-refractivity contribution in [2.75, 3.05) is 31.1 Å². The van der Waals surface area contributed by atoms with E-state index in [4.69, 9.17) is 0 Å². The average Bonchev–Trinajstić information content (AvgIpc) is 2.63. The molecule has 132 valence electrons. The number of hydrogen-bond donors (Lipinski definition) is 1. The van der Waals surface area contributed by atoms with E-state index >= 15 is 0 Å². The van der Waals surface area contributed by atoms with Gasteiger partial charge in [0.1, 0.15) is 0 Å². The Balaban J connectivity index is 1.35. The molecule has 2 amide bonds. The average molecular weight is 330 g/mol. The van der Waals surface area contributed by atoms with Crippen molar-refractivity contribution >= 4 is 11.7 Å². The largest absolute Gasteiger partial charge is 0.371 e. The van der Waals surface area contributed by atoms with Gasteiger partial charge in [-0.2, -0.15) is 0 Å². The Labute approximate surface area is 145 Å². The van der Waals surface area contributed by atoms with Crippen molar-refractivity contribution in [2.45, 2.75) is 51.5 Å². The molecule has 3 rings (SSSR count). The number of anilines is 1. The van der Waals surface area contributed by atoms with Crippen molar-refractivity contribution in [3.63, 3.8) is 0 Å². The van der Waals surface area contributed by atoms with Crippen LogP contribution in [0, 0.1) is 5.92 Å². The fraction of sp³-hybridized carbons (Fsp3) is 0.684. The number of aromatic nitrogens is 1. The van der Waals surface area contributed by atoms with Crippen LogP contribution in [0.4, 0.5) is 10.5 Å². The lowest BCUT2D eigenvalue weighted by molar-refractivity contribution is 0.157. The van der Waals surface area contributed by atoms with Crippen LogP contribution >= 0.6 is 0 Å². The van der Waals surface area contributed by atoms with Crippen LogP contribution in [0.2, 0.25) is 0 Å². The van der Waals surface area contributed by atoms with Crippen molar-refractivity contribution in [1.82, 2.24) is 15.2 Å². The topological polar surface area (TPSA) is 48.5 Å². The Morgan fingerprint density at radius 1 is 1.17 bits per heavy atom. The molecule has 1 atom stereocenters. The molecule has 5 nitrogen and oxygen atoms in total. The number of urea groups is 1. The number of piperidine rings is 2. The van der Waals surface area contributed by atoms with Gasteiger partial charge < -0.3 is 15.1 Å². The van der Waals surface area contributed by atoms with Gasteiger partial charge in [-0.1, -0.05) is 0 Å². The summed E-state index contributed by atoms with van der Waals surface area (Å²) in [7, 11) is 0. The molecule has 2 fully saturated rings. The number of nitrogens with zero attached hydrogens (tertiary/aromatic N) is 3. The first kappa shape index (κ1) is 17.1. The molecule has 1 aromatic rings. The number of hydrogen-bond acceptors (Lipinski definition) is 3. The predicted octanol–water partition coefficient (Wildman–Crippen LogP) is 3.27. The van der Waals surface area contributed by atoms with Gasteiger partial charge in [0.25, 0.3) is 0 Å². The lowest BCUT2D eigenvalue weighted by atomic mass is 9.93. The van der Waals surface area contributed by atoms with Gasteiger partial charge in [0.2, 0.25) is 0 Å². The van der Waals surface area contributed by atoms with Gasteiger partial charge in [-0.15, -0.1) is 0 Å². The number of nitrogens with one attached hydrogen (secondary N) is 1. The van der Waals surface area contributed by atoms with Crippen molar-refractivity contribution in [3.8, 4) is 0 Å². The minimum Gasteiger partial charge on any atom is -0.371 e. The van der Waals surface area contributed by atoms with E-state index < -0.39 is 0 Å². The first-order valence-corrected chi connectivity index (χ1v) is 9.43. The summed E-state index contributed by atoms with van der Waals surface area (Å²) in [5.74, 6) is 0.724. The molecule has 2 saturated heterocycles. The quantitative estimate of drug-likeness (QED) is 0.922. The molecule has 0 aliphatic carbocycles. The van der Waals surface area contributed by atoms with Crippen molar-refractivity contribution in [3.05, 3.63) is 24.5 Å². The zero-order chi connectivity index (χ0) is 16.8. The van der Waals surface area contributed by atoms with E-state index in [9.17, 15) is 4.79 Å². The van der Waals surface area contributed by atoms with E-state index in [-0.39, 0.29) is 6.03 Å². The van der Waals surface area contributed by atoms with E-state index in [2.05, 4.69) is 34.3 Å². The summed E-state index contributed by atoms with van der Waals surface area (Å²) >= 11 is 0. The molecule has 0 bridgehead atoms. The summed E-state index contributed by atoms with van der Waals surface area (Å²) in [5, 5.41) is 3.14. The Bertz CT molecular complexity index is 513. The zero-order valence-electron chi connectivity index (χ0n) is 14.8. The molecule has 2 aliphatic heterocycles. The molecular weight excluding hydrogens is 300 g/mol. The van der Waals surface area contributed by atoms with E-state index in [1.54, 1.807) is 0 Å². The molecule has 0 radical (unpaired) electrons. The number of rotatable bonds is 4. The maximum absolute atomic E-state index is 12.3. The number of pyridine rings is 1. The number of carbonyl (C=O) groups excluding carboxylic acids is 1. The highest BCUT2D eigenvalue weighted by atomic mass is 16.2. The zero-order valence-corrected chi connectivity index (χ0v) is 14.8. The van der Waals surface area contributed by atoms with Crippen LogP contribution in [0.3, 0.4) is 0 Å². The maximum Gasteiger partial charge on any atom is 0.317 e. The number of amides is 2. The van der Waals surface area contributed by atoms with Crippen LogP contribution in [0.5, 0.6) is 0 Å². The second kappa shape index (κ2) is 8.36. The summed E-state index contributed by atoms with van der Waals surface area (Å²) in [6.45, 7) is 6.09. The van der Waals surface area contributed by atoms with Gasteiger partial charge in [-0.25, -0.2) is 4.79 Å². The molecule has 0 saturated carbocycles. The fourth-order valence-electron chi connectivity index (χ4n) is 3.92. The third-order valence-corrected chi connectivity index (χ3v) is 5.54. The summed E-state index contributed by atoms with van der Waals surface area (Å²) in [6.07, 6.45) is 10.8. The first-order valence-electron chi connectivity index (χ1n) is 9.43. The molecular formula is C19H30N4O. The normalized spacial score (nSPS) is 22.5. The minimum absolute atomic E-state index is 0.136. The molecule has 24 heavy (non-hydrogen) atoms. The van der Waals surface area contributed by atoms with Crippen LogP contribution in [0.25, 0.3) is 0 Å². The van der Waals surface area contributed by atoms with Crippen LogP contribution in [0.1, 0.15) is 45.4 Å². The first-order chi connectivity index (χ1) is 11.7. The van der Waals surface area contributed by atoms with Gasteiger partial charge in [0.15, 0.2) is 0 Å². The lowest BCUT2D eigenvalue weighted by Crippen LogP contribution is -2.48. The Morgan fingerprint density at radius 2 is 1.92 bits per heavy atom. The smallest absolute Gasteiger partial charge is 0.317 e. The molecule has 0 aromatic carbocycles. The second-order valence-electron chi connectivity index (χ2n) is 7.19. The molecule has 1 aromatic heterocycles.